The predicted octanol–water partition coefficient (Wildman–Crippen LogP) is 4.99. The van der Waals surface area contributed by atoms with E-state index in [1.807, 2.05) is 57.2 Å². The van der Waals surface area contributed by atoms with E-state index in [-0.39, 0.29) is 18.7 Å². The molecule has 0 spiro atoms. The highest BCUT2D eigenvalue weighted by Gasteiger charge is 2.22. The summed E-state index contributed by atoms with van der Waals surface area (Å²) in [6, 6.07) is 5.95. The molecule has 1 saturated carbocycles. The smallest absolute Gasteiger partial charge is 0.306 e. The van der Waals surface area contributed by atoms with Gasteiger partial charge in [-0.1, -0.05) is 29.8 Å². The third-order valence-corrected chi connectivity index (χ3v) is 4.85. The Hall–Kier alpha value is -2.82. The van der Waals surface area contributed by atoms with Crippen LogP contribution in [-0.2, 0) is 19.1 Å². The van der Waals surface area contributed by atoms with Crippen molar-refractivity contribution < 1.29 is 19.1 Å². The van der Waals surface area contributed by atoms with Crippen LogP contribution in [0.25, 0.3) is 0 Å². The predicted molar refractivity (Wildman–Crippen MR) is 115 cm³/mol. The number of anilines is 1. The van der Waals surface area contributed by atoms with Crippen molar-refractivity contribution in [2.75, 3.05) is 19.1 Å². The summed E-state index contributed by atoms with van der Waals surface area (Å²) >= 11 is 0. The van der Waals surface area contributed by atoms with Crippen LogP contribution in [0.5, 0.6) is 0 Å². The standard InChI is InChI=1S/C24H31NO4/c1-6-20(16-21(28-4)11-10-19-8-9-19)25(23(26)13-14-24(27)29-5)22-12-7-17(2)15-18(22)3/h6-7,10-12,15-16,19H,8-9,13-14H2,1-5H3/b11-10+,20-6+,21-16+. The minimum Gasteiger partial charge on any atom is -0.497 e. The quantitative estimate of drug-likeness (QED) is 0.335. The van der Waals surface area contributed by atoms with Crippen molar-refractivity contribution in [1.29, 1.82) is 0 Å². The molecule has 1 fully saturated rings. The van der Waals surface area contributed by atoms with Gasteiger partial charge in [-0.3, -0.25) is 14.5 Å². The number of hydrogen-bond donors (Lipinski definition) is 0. The first-order chi connectivity index (χ1) is 13.9. The zero-order valence-electron chi connectivity index (χ0n) is 18.0. The second-order valence-electron chi connectivity index (χ2n) is 7.26. The molecule has 0 bridgehead atoms. The second-order valence-corrected chi connectivity index (χ2v) is 7.26. The number of amides is 1. The molecule has 0 unspecified atom stereocenters. The summed E-state index contributed by atoms with van der Waals surface area (Å²) in [5, 5.41) is 0. The summed E-state index contributed by atoms with van der Waals surface area (Å²) in [4.78, 5) is 26.3. The van der Waals surface area contributed by atoms with Gasteiger partial charge >= 0.3 is 5.97 Å². The monoisotopic (exact) mass is 397 g/mol. The fraction of sp³-hybridized carbons (Fsp3) is 0.417. The zero-order valence-corrected chi connectivity index (χ0v) is 18.0. The third kappa shape index (κ3) is 6.63. The fourth-order valence-corrected chi connectivity index (χ4v) is 3.01. The van der Waals surface area contributed by atoms with Crippen molar-refractivity contribution in [2.24, 2.45) is 5.92 Å². The maximum atomic E-state index is 13.1. The minimum atomic E-state index is -0.401. The molecule has 0 heterocycles. The Morgan fingerprint density at radius 1 is 1.14 bits per heavy atom. The number of carbonyl (C=O) groups excluding carboxylic acids is 2. The number of nitrogens with zero attached hydrogens (tertiary/aromatic N) is 1. The average molecular weight is 398 g/mol. The molecule has 0 aromatic heterocycles. The molecule has 0 N–H and O–H groups in total. The normalized spacial score (nSPS) is 14.8. The van der Waals surface area contributed by atoms with Crippen molar-refractivity contribution in [3.8, 4) is 0 Å². The molecule has 1 aliphatic carbocycles. The van der Waals surface area contributed by atoms with E-state index in [0.717, 1.165) is 16.8 Å². The maximum absolute atomic E-state index is 13.1. The molecule has 29 heavy (non-hydrogen) atoms. The van der Waals surface area contributed by atoms with Crippen LogP contribution in [-0.4, -0.2) is 26.1 Å². The van der Waals surface area contributed by atoms with Gasteiger partial charge in [-0.2, -0.15) is 0 Å². The van der Waals surface area contributed by atoms with Gasteiger partial charge in [0.1, 0.15) is 5.76 Å². The molecular formula is C24H31NO4. The van der Waals surface area contributed by atoms with Crippen molar-refractivity contribution in [2.45, 2.75) is 46.5 Å². The number of esters is 1. The van der Waals surface area contributed by atoms with Gasteiger partial charge in [0.15, 0.2) is 0 Å². The van der Waals surface area contributed by atoms with Gasteiger partial charge in [0, 0.05) is 18.2 Å². The van der Waals surface area contributed by atoms with Crippen LogP contribution in [0.3, 0.4) is 0 Å². The van der Waals surface area contributed by atoms with E-state index in [9.17, 15) is 9.59 Å². The molecule has 1 amide bonds. The summed E-state index contributed by atoms with van der Waals surface area (Å²) in [6.45, 7) is 5.88. The molecule has 1 aliphatic rings. The topological polar surface area (TPSA) is 55.8 Å². The molecule has 1 aromatic rings. The first-order valence-corrected chi connectivity index (χ1v) is 9.96. The third-order valence-electron chi connectivity index (χ3n) is 4.85. The van der Waals surface area contributed by atoms with Gasteiger partial charge in [0.2, 0.25) is 5.91 Å². The van der Waals surface area contributed by atoms with Gasteiger partial charge in [0.05, 0.1) is 26.3 Å². The Morgan fingerprint density at radius 3 is 2.41 bits per heavy atom. The van der Waals surface area contributed by atoms with E-state index in [1.54, 1.807) is 12.0 Å². The van der Waals surface area contributed by atoms with E-state index in [1.165, 1.54) is 20.0 Å². The van der Waals surface area contributed by atoms with Gasteiger partial charge < -0.3 is 9.47 Å². The van der Waals surface area contributed by atoms with Crippen LogP contribution in [0.4, 0.5) is 5.69 Å². The molecule has 156 valence electrons. The number of aryl methyl sites for hydroxylation is 2. The van der Waals surface area contributed by atoms with E-state index in [4.69, 9.17) is 4.74 Å². The molecule has 0 radical (unpaired) electrons. The SMILES string of the molecule is C\C=C(/C=C(\C=C\C1CC1)OC)N(C(=O)CCC(=O)OC)c1ccc(C)cc1C. The number of ether oxygens (including phenoxy) is 2. The minimum absolute atomic E-state index is 0.0379. The number of methoxy groups -OCH3 is 2. The molecular weight excluding hydrogens is 366 g/mol. The van der Waals surface area contributed by atoms with Gasteiger partial charge in [-0.25, -0.2) is 0 Å². The molecule has 2 rings (SSSR count). The summed E-state index contributed by atoms with van der Waals surface area (Å²) in [7, 11) is 2.95. The lowest BCUT2D eigenvalue weighted by atomic mass is 10.1. The Balaban J connectivity index is 2.39. The first-order valence-electron chi connectivity index (χ1n) is 9.96. The maximum Gasteiger partial charge on any atom is 0.306 e. The summed E-state index contributed by atoms with van der Waals surface area (Å²) in [6.07, 6.45) is 10.4. The lowest BCUT2D eigenvalue weighted by Gasteiger charge is -2.26. The molecule has 0 atom stereocenters. The fourth-order valence-electron chi connectivity index (χ4n) is 3.01. The highest BCUT2D eigenvalue weighted by atomic mass is 16.5. The summed E-state index contributed by atoms with van der Waals surface area (Å²) < 4.78 is 10.2. The van der Waals surface area contributed by atoms with Crippen LogP contribution in [0, 0.1) is 19.8 Å². The van der Waals surface area contributed by atoms with Crippen LogP contribution >= 0.6 is 0 Å². The van der Waals surface area contributed by atoms with Crippen molar-refractivity contribution in [1.82, 2.24) is 0 Å². The van der Waals surface area contributed by atoms with E-state index in [0.29, 0.717) is 17.4 Å². The summed E-state index contributed by atoms with van der Waals surface area (Å²) in [5.74, 6) is 0.732. The number of rotatable bonds is 9. The molecule has 1 aromatic carbocycles. The Bertz CT molecular complexity index is 831. The van der Waals surface area contributed by atoms with Gasteiger partial charge in [-0.05, 0) is 57.2 Å². The van der Waals surface area contributed by atoms with Crippen LogP contribution in [0.1, 0.15) is 43.7 Å². The number of hydrogen-bond acceptors (Lipinski definition) is 4. The lowest BCUT2D eigenvalue weighted by molar-refractivity contribution is -0.141. The van der Waals surface area contributed by atoms with E-state index < -0.39 is 5.97 Å². The molecule has 5 nitrogen and oxygen atoms in total. The van der Waals surface area contributed by atoms with Gasteiger partial charge in [-0.15, -0.1) is 0 Å². The number of benzene rings is 1. The van der Waals surface area contributed by atoms with Crippen molar-refractivity contribution in [3.05, 3.63) is 65.1 Å². The highest BCUT2D eigenvalue weighted by molar-refractivity contribution is 5.99. The number of allylic oxidation sites excluding steroid dienone is 4. The second kappa shape index (κ2) is 10.6. The number of carbonyl (C=O) groups is 2. The van der Waals surface area contributed by atoms with Crippen LogP contribution in [0.2, 0.25) is 0 Å². The first kappa shape index (κ1) is 22.5. The van der Waals surface area contributed by atoms with Crippen molar-refractivity contribution in [3.63, 3.8) is 0 Å². The molecule has 0 saturated heterocycles. The van der Waals surface area contributed by atoms with Crippen molar-refractivity contribution >= 4 is 17.6 Å². The van der Waals surface area contributed by atoms with Gasteiger partial charge in [0.25, 0.3) is 0 Å². The molecule has 0 aliphatic heterocycles. The Kier molecular flexibility index (Phi) is 8.25. The Labute approximate surface area is 173 Å². The average Bonchev–Trinajstić information content (AvgIpc) is 3.53. The van der Waals surface area contributed by atoms with Crippen LogP contribution < -0.4 is 4.90 Å². The lowest BCUT2D eigenvalue weighted by Crippen LogP contribution is -2.30. The largest absolute Gasteiger partial charge is 0.497 e. The van der Waals surface area contributed by atoms with Crippen LogP contribution in [0.15, 0.2) is 54.0 Å². The molecule has 5 heteroatoms. The van der Waals surface area contributed by atoms with E-state index in [2.05, 4.69) is 10.8 Å². The zero-order chi connectivity index (χ0) is 21.4. The Morgan fingerprint density at radius 2 is 1.86 bits per heavy atom. The summed E-state index contributed by atoms with van der Waals surface area (Å²) in [5.41, 5.74) is 3.59. The highest BCUT2D eigenvalue weighted by Crippen LogP contribution is 2.31. The van der Waals surface area contributed by atoms with E-state index >= 15 is 0 Å².